The maximum Gasteiger partial charge on any atom is 0.336 e. The maximum atomic E-state index is 12.2. The highest BCUT2D eigenvalue weighted by Gasteiger charge is 2.41. The van der Waals surface area contributed by atoms with Crippen LogP contribution < -0.4 is 10.2 Å². The van der Waals surface area contributed by atoms with E-state index in [2.05, 4.69) is 15.1 Å². The second kappa shape index (κ2) is 5.89. The molecule has 1 aromatic heterocycles. The number of hydrogen-bond acceptors (Lipinski definition) is 8. The van der Waals surface area contributed by atoms with E-state index in [1.54, 1.807) is 13.8 Å². The van der Waals surface area contributed by atoms with Gasteiger partial charge in [0, 0.05) is 16.9 Å². The number of esters is 1. The van der Waals surface area contributed by atoms with Crippen LogP contribution in [0.5, 0.6) is 0 Å². The summed E-state index contributed by atoms with van der Waals surface area (Å²) in [7, 11) is 1.21. The number of nitrogens with one attached hydrogen (secondary N) is 1. The molecule has 0 radical (unpaired) electrons. The second-order valence-corrected chi connectivity index (χ2v) is 5.53. The highest BCUT2D eigenvalue weighted by atomic mass is 16.8. The first-order valence-electron chi connectivity index (χ1n) is 7.25. The maximum absolute atomic E-state index is 12.2. The van der Waals surface area contributed by atoms with Gasteiger partial charge in [-0.3, -0.25) is 14.7 Å². The quantitative estimate of drug-likeness (QED) is 0.378. The molecule has 10 nitrogen and oxygen atoms in total. The Balaban J connectivity index is 2.25. The zero-order valence-electron chi connectivity index (χ0n) is 13.6. The van der Waals surface area contributed by atoms with Crippen molar-refractivity contribution in [1.82, 2.24) is 10.5 Å². The van der Waals surface area contributed by atoms with E-state index in [-0.39, 0.29) is 27.2 Å². The molecule has 2 aromatic rings. The van der Waals surface area contributed by atoms with Crippen LogP contribution in [0.3, 0.4) is 0 Å². The van der Waals surface area contributed by atoms with E-state index in [0.29, 0.717) is 17.0 Å². The number of ether oxygens (including phenoxy) is 1. The van der Waals surface area contributed by atoms with Gasteiger partial charge in [-0.2, -0.15) is 0 Å². The molecule has 0 bridgehead atoms. The van der Waals surface area contributed by atoms with Crippen molar-refractivity contribution in [2.24, 2.45) is 0 Å². The van der Waals surface area contributed by atoms with Crippen molar-refractivity contribution < 1.29 is 24.0 Å². The van der Waals surface area contributed by atoms with Gasteiger partial charge in [-0.05, 0) is 30.4 Å². The molecule has 130 valence electrons. The van der Waals surface area contributed by atoms with Crippen molar-refractivity contribution >= 4 is 17.0 Å². The number of dihydropyridines is 1. The molecule has 3 rings (SSSR count). The Morgan fingerprint density at radius 2 is 2.12 bits per heavy atom. The zero-order chi connectivity index (χ0) is 18.3. The molecule has 1 aliphatic rings. The number of rotatable bonds is 3. The third-order valence-electron chi connectivity index (χ3n) is 4.07. The Morgan fingerprint density at radius 3 is 2.76 bits per heavy atom. The number of methoxy groups -OCH3 is 1. The Labute approximate surface area is 141 Å². The molecule has 1 aliphatic heterocycles. The predicted octanol–water partition coefficient (Wildman–Crippen LogP) is 1.10. The third kappa shape index (κ3) is 2.57. The highest BCUT2D eigenvalue weighted by Crippen LogP contribution is 2.39. The van der Waals surface area contributed by atoms with Gasteiger partial charge in [-0.15, -0.1) is 0 Å². The smallest absolute Gasteiger partial charge is 0.336 e. The van der Waals surface area contributed by atoms with Crippen LogP contribution in [-0.4, -0.2) is 23.2 Å². The van der Waals surface area contributed by atoms with Crippen molar-refractivity contribution in [2.75, 3.05) is 7.11 Å². The Hall–Kier alpha value is -3.43. The van der Waals surface area contributed by atoms with E-state index in [4.69, 9.17) is 4.74 Å². The number of aromatic nitrogens is 2. The number of nitrogens with zero attached hydrogens (tertiary/aromatic N) is 3. The monoisotopic (exact) mass is 346 g/mol. The molecule has 0 fully saturated rings. The summed E-state index contributed by atoms with van der Waals surface area (Å²) in [5.41, 5.74) is 1.56. The number of carbonyl (C=O) groups excluding carboxylic acids is 1. The number of fused-ring (bicyclic) bond motifs is 1. The molecule has 1 unspecified atom stereocenters. The third-order valence-corrected chi connectivity index (χ3v) is 4.07. The van der Waals surface area contributed by atoms with Crippen LogP contribution in [0, 0.1) is 15.3 Å². The molecule has 0 saturated carbocycles. The van der Waals surface area contributed by atoms with Gasteiger partial charge in [0.15, 0.2) is 0 Å². The predicted molar refractivity (Wildman–Crippen MR) is 83.3 cm³/mol. The average molecular weight is 346 g/mol. The van der Waals surface area contributed by atoms with Crippen LogP contribution >= 0.6 is 0 Å². The topological polar surface area (TPSA) is 134 Å². The van der Waals surface area contributed by atoms with Crippen molar-refractivity contribution in [2.45, 2.75) is 19.8 Å². The van der Waals surface area contributed by atoms with Gasteiger partial charge in [0.25, 0.3) is 5.70 Å². The summed E-state index contributed by atoms with van der Waals surface area (Å²) in [6, 6.07) is 4.44. The minimum atomic E-state index is -0.968. The lowest BCUT2D eigenvalue weighted by Gasteiger charge is -2.25. The SMILES string of the molecule is COC(=O)C1=C(C)NC(C)=C([N+](=O)[O-])C1c1ccc2c(c1)no[n+]2[O-]. The van der Waals surface area contributed by atoms with E-state index < -0.39 is 16.8 Å². The van der Waals surface area contributed by atoms with Crippen LogP contribution in [0.25, 0.3) is 11.0 Å². The fourth-order valence-electron chi connectivity index (χ4n) is 3.00. The van der Waals surface area contributed by atoms with Crippen LogP contribution in [0.4, 0.5) is 0 Å². The lowest BCUT2D eigenvalue weighted by molar-refractivity contribution is -0.782. The second-order valence-electron chi connectivity index (χ2n) is 5.53. The molecule has 10 heteroatoms. The van der Waals surface area contributed by atoms with E-state index in [9.17, 15) is 20.1 Å². The summed E-state index contributed by atoms with van der Waals surface area (Å²) in [6.45, 7) is 3.20. The van der Waals surface area contributed by atoms with Crippen LogP contribution in [0.1, 0.15) is 25.3 Å². The van der Waals surface area contributed by atoms with Gasteiger partial charge in [-0.25, -0.2) is 4.79 Å². The lowest BCUT2D eigenvalue weighted by Crippen LogP contribution is -2.31. The number of nitro groups is 1. The minimum absolute atomic E-state index is 0.123. The lowest BCUT2D eigenvalue weighted by atomic mass is 9.84. The van der Waals surface area contributed by atoms with Gasteiger partial charge in [0.05, 0.1) is 23.3 Å². The molecule has 1 atom stereocenters. The standard InChI is InChI=1S/C15H14N4O6/c1-7-12(15(20)24-3)13(14(18(21)22)8(2)16-7)9-4-5-11-10(6-9)17-25-19(11)23/h4-6,13,16H,1-3H3. The molecule has 2 heterocycles. The number of allylic oxidation sites excluding steroid dienone is 3. The van der Waals surface area contributed by atoms with E-state index >= 15 is 0 Å². The fourth-order valence-corrected chi connectivity index (χ4v) is 3.00. The molecule has 25 heavy (non-hydrogen) atoms. The van der Waals surface area contributed by atoms with Gasteiger partial charge < -0.3 is 15.3 Å². The Bertz CT molecular complexity index is 958. The van der Waals surface area contributed by atoms with Crippen LogP contribution in [-0.2, 0) is 9.53 Å². The van der Waals surface area contributed by atoms with Crippen LogP contribution in [0.15, 0.2) is 45.5 Å². The fraction of sp³-hybridized carbons (Fsp3) is 0.267. The molecular weight excluding hydrogens is 332 g/mol. The summed E-state index contributed by atoms with van der Waals surface area (Å²) in [6.07, 6.45) is 0. The van der Waals surface area contributed by atoms with Crippen molar-refractivity contribution in [1.29, 1.82) is 0 Å². The van der Waals surface area contributed by atoms with Gasteiger partial charge >= 0.3 is 5.97 Å². The van der Waals surface area contributed by atoms with Crippen molar-refractivity contribution in [3.05, 3.63) is 61.7 Å². The normalized spacial score (nSPS) is 17.6. The number of hydrogen-bond donors (Lipinski definition) is 1. The van der Waals surface area contributed by atoms with Crippen LogP contribution in [0.2, 0.25) is 0 Å². The van der Waals surface area contributed by atoms with E-state index in [0.717, 1.165) is 0 Å². The summed E-state index contributed by atoms with van der Waals surface area (Å²) < 4.78 is 9.31. The largest absolute Gasteiger partial charge is 0.466 e. The van der Waals surface area contributed by atoms with Crippen molar-refractivity contribution in [3.8, 4) is 0 Å². The number of carbonyl (C=O) groups is 1. The first-order chi connectivity index (χ1) is 11.8. The zero-order valence-corrected chi connectivity index (χ0v) is 13.6. The molecular formula is C15H14N4O6. The Kier molecular flexibility index (Phi) is 3.87. The molecule has 0 saturated heterocycles. The van der Waals surface area contributed by atoms with Gasteiger partial charge in [0.2, 0.25) is 11.0 Å². The Morgan fingerprint density at radius 1 is 1.40 bits per heavy atom. The number of benzene rings is 1. The molecule has 0 aliphatic carbocycles. The molecule has 1 aromatic carbocycles. The van der Waals surface area contributed by atoms with E-state index in [1.807, 2.05) is 0 Å². The average Bonchev–Trinajstić information content (AvgIpc) is 2.93. The summed E-state index contributed by atoms with van der Waals surface area (Å²) in [5, 5.41) is 29.5. The highest BCUT2D eigenvalue weighted by molar-refractivity contribution is 5.92. The molecule has 1 N–H and O–H groups in total. The molecule has 0 spiro atoms. The summed E-state index contributed by atoms with van der Waals surface area (Å²) >= 11 is 0. The van der Waals surface area contributed by atoms with Crippen molar-refractivity contribution in [3.63, 3.8) is 0 Å². The first kappa shape index (κ1) is 16.4. The first-order valence-corrected chi connectivity index (χ1v) is 7.25. The summed E-state index contributed by atoms with van der Waals surface area (Å²) in [4.78, 5) is 23.6. The van der Waals surface area contributed by atoms with Gasteiger partial charge in [-0.1, -0.05) is 6.07 Å². The van der Waals surface area contributed by atoms with E-state index in [1.165, 1.54) is 25.3 Å². The summed E-state index contributed by atoms with van der Waals surface area (Å²) in [5.74, 6) is -1.65. The van der Waals surface area contributed by atoms with Gasteiger partial charge in [0.1, 0.15) is 5.92 Å². The molecule has 0 amide bonds. The minimum Gasteiger partial charge on any atom is -0.466 e.